The van der Waals surface area contributed by atoms with Crippen LogP contribution in [0.25, 0.3) is 0 Å². The standard InChI is InChI=1S/C22H23N3O3/c1-27-19-9-7-16(8-10-19)14-24-18-11-12-23-20(13-18)22(26)25-15-17-5-3-4-6-21(17)28-2/h3-13H,14-15H2,1-2H3,(H,23,24)(H,25,26). The lowest BCUT2D eigenvalue weighted by Crippen LogP contribution is -2.24. The molecule has 6 heteroatoms. The maximum Gasteiger partial charge on any atom is 0.270 e. The van der Waals surface area contributed by atoms with Crippen molar-refractivity contribution in [2.24, 2.45) is 0 Å². The van der Waals surface area contributed by atoms with Crippen molar-refractivity contribution in [2.45, 2.75) is 13.1 Å². The van der Waals surface area contributed by atoms with Gasteiger partial charge in [-0.1, -0.05) is 30.3 Å². The summed E-state index contributed by atoms with van der Waals surface area (Å²) in [5.74, 6) is 1.33. The fourth-order valence-electron chi connectivity index (χ4n) is 2.73. The Morgan fingerprint density at radius 3 is 2.50 bits per heavy atom. The molecule has 0 unspecified atom stereocenters. The Labute approximate surface area is 164 Å². The molecule has 2 N–H and O–H groups in total. The first kappa shape index (κ1) is 19.2. The topological polar surface area (TPSA) is 72.5 Å². The van der Waals surface area contributed by atoms with Crippen molar-refractivity contribution < 1.29 is 14.3 Å². The third-order valence-electron chi connectivity index (χ3n) is 4.28. The molecule has 0 radical (unpaired) electrons. The number of aromatic nitrogens is 1. The van der Waals surface area contributed by atoms with Gasteiger partial charge in [0.1, 0.15) is 17.2 Å². The van der Waals surface area contributed by atoms with Crippen LogP contribution >= 0.6 is 0 Å². The number of carbonyl (C=O) groups is 1. The van der Waals surface area contributed by atoms with E-state index in [0.29, 0.717) is 18.8 Å². The fraction of sp³-hybridized carbons (Fsp3) is 0.182. The van der Waals surface area contributed by atoms with E-state index in [1.165, 1.54) is 0 Å². The number of nitrogens with one attached hydrogen (secondary N) is 2. The minimum atomic E-state index is -0.237. The highest BCUT2D eigenvalue weighted by Crippen LogP contribution is 2.17. The van der Waals surface area contributed by atoms with Gasteiger partial charge < -0.3 is 20.1 Å². The van der Waals surface area contributed by atoms with Crippen LogP contribution in [0.3, 0.4) is 0 Å². The molecular weight excluding hydrogens is 354 g/mol. The van der Waals surface area contributed by atoms with Gasteiger partial charge in [-0.05, 0) is 35.9 Å². The van der Waals surface area contributed by atoms with Crippen molar-refractivity contribution in [2.75, 3.05) is 19.5 Å². The molecule has 0 atom stereocenters. The maximum absolute atomic E-state index is 12.5. The van der Waals surface area contributed by atoms with Gasteiger partial charge in [0.15, 0.2) is 0 Å². The largest absolute Gasteiger partial charge is 0.497 e. The highest BCUT2D eigenvalue weighted by atomic mass is 16.5. The van der Waals surface area contributed by atoms with Crippen LogP contribution in [-0.4, -0.2) is 25.1 Å². The van der Waals surface area contributed by atoms with Crippen molar-refractivity contribution in [3.63, 3.8) is 0 Å². The number of hydrogen-bond donors (Lipinski definition) is 2. The minimum Gasteiger partial charge on any atom is -0.497 e. The van der Waals surface area contributed by atoms with E-state index >= 15 is 0 Å². The number of benzene rings is 2. The van der Waals surface area contributed by atoms with E-state index in [-0.39, 0.29) is 5.91 Å². The van der Waals surface area contributed by atoms with E-state index in [2.05, 4.69) is 15.6 Å². The highest BCUT2D eigenvalue weighted by Gasteiger charge is 2.09. The molecule has 0 fully saturated rings. The van der Waals surface area contributed by atoms with Gasteiger partial charge in [0.25, 0.3) is 5.91 Å². The zero-order chi connectivity index (χ0) is 19.8. The smallest absolute Gasteiger partial charge is 0.270 e. The highest BCUT2D eigenvalue weighted by molar-refractivity contribution is 5.93. The van der Waals surface area contributed by atoms with Crippen molar-refractivity contribution in [1.82, 2.24) is 10.3 Å². The first-order valence-corrected chi connectivity index (χ1v) is 8.92. The lowest BCUT2D eigenvalue weighted by molar-refractivity contribution is 0.0945. The Kier molecular flexibility index (Phi) is 6.46. The second kappa shape index (κ2) is 9.41. The molecule has 0 bridgehead atoms. The average molecular weight is 377 g/mol. The fourth-order valence-corrected chi connectivity index (χ4v) is 2.73. The molecule has 0 saturated carbocycles. The molecule has 0 aliphatic heterocycles. The van der Waals surface area contributed by atoms with E-state index in [1.54, 1.807) is 26.5 Å². The summed E-state index contributed by atoms with van der Waals surface area (Å²) in [6, 6.07) is 19.0. The van der Waals surface area contributed by atoms with Crippen molar-refractivity contribution in [3.05, 3.63) is 83.7 Å². The molecule has 0 aliphatic carbocycles. The Bertz CT molecular complexity index is 926. The Morgan fingerprint density at radius 2 is 1.75 bits per heavy atom. The number of hydrogen-bond acceptors (Lipinski definition) is 5. The average Bonchev–Trinajstić information content (AvgIpc) is 2.76. The molecule has 3 aromatic rings. The van der Waals surface area contributed by atoms with Crippen molar-refractivity contribution in [3.8, 4) is 11.5 Å². The van der Waals surface area contributed by atoms with Gasteiger partial charge in [0.05, 0.1) is 14.2 Å². The van der Waals surface area contributed by atoms with Gasteiger partial charge in [-0.3, -0.25) is 9.78 Å². The number of carbonyl (C=O) groups excluding carboxylic acids is 1. The third kappa shape index (κ3) is 5.01. The van der Waals surface area contributed by atoms with Crippen LogP contribution < -0.4 is 20.1 Å². The SMILES string of the molecule is COc1ccc(CNc2ccnc(C(=O)NCc3ccccc3OC)c2)cc1. The quantitative estimate of drug-likeness (QED) is 0.627. The second-order valence-electron chi connectivity index (χ2n) is 6.13. The Hall–Kier alpha value is -3.54. The predicted octanol–water partition coefficient (Wildman–Crippen LogP) is 3.64. The number of amides is 1. The van der Waals surface area contributed by atoms with Gasteiger partial charge in [-0.2, -0.15) is 0 Å². The van der Waals surface area contributed by atoms with Crippen LogP contribution in [0.1, 0.15) is 21.6 Å². The summed E-state index contributed by atoms with van der Waals surface area (Å²) in [5, 5.41) is 6.19. The van der Waals surface area contributed by atoms with Gasteiger partial charge in [0.2, 0.25) is 0 Å². The van der Waals surface area contributed by atoms with Gasteiger partial charge in [0, 0.05) is 30.5 Å². The van der Waals surface area contributed by atoms with E-state index in [1.807, 2.05) is 54.6 Å². The molecule has 0 spiro atoms. The van der Waals surface area contributed by atoms with Crippen molar-refractivity contribution in [1.29, 1.82) is 0 Å². The zero-order valence-corrected chi connectivity index (χ0v) is 15.9. The van der Waals surface area contributed by atoms with Crippen LogP contribution in [-0.2, 0) is 13.1 Å². The predicted molar refractivity (Wildman–Crippen MR) is 109 cm³/mol. The lowest BCUT2D eigenvalue weighted by Gasteiger charge is -2.11. The van der Waals surface area contributed by atoms with E-state index < -0.39 is 0 Å². The summed E-state index contributed by atoms with van der Waals surface area (Å²) >= 11 is 0. The molecule has 6 nitrogen and oxygen atoms in total. The number of anilines is 1. The summed E-state index contributed by atoms with van der Waals surface area (Å²) in [6.45, 7) is 1.00. The van der Waals surface area contributed by atoms with Gasteiger partial charge >= 0.3 is 0 Å². The molecule has 3 rings (SSSR count). The maximum atomic E-state index is 12.5. The van der Waals surface area contributed by atoms with Crippen molar-refractivity contribution >= 4 is 11.6 Å². The Balaban J connectivity index is 1.59. The number of rotatable bonds is 8. The molecule has 0 saturated heterocycles. The summed E-state index contributed by atoms with van der Waals surface area (Å²) < 4.78 is 10.5. The normalized spacial score (nSPS) is 10.2. The molecule has 144 valence electrons. The van der Waals surface area contributed by atoms with Gasteiger partial charge in [-0.15, -0.1) is 0 Å². The van der Waals surface area contributed by atoms with E-state index in [0.717, 1.165) is 28.3 Å². The number of pyridine rings is 1. The van der Waals surface area contributed by atoms with Gasteiger partial charge in [-0.25, -0.2) is 0 Å². The van der Waals surface area contributed by atoms with Crippen LogP contribution in [0.15, 0.2) is 66.9 Å². The van der Waals surface area contributed by atoms with Crippen LogP contribution in [0.4, 0.5) is 5.69 Å². The zero-order valence-electron chi connectivity index (χ0n) is 15.9. The second-order valence-corrected chi connectivity index (χ2v) is 6.13. The number of methoxy groups -OCH3 is 2. The molecule has 1 aromatic heterocycles. The molecule has 28 heavy (non-hydrogen) atoms. The summed E-state index contributed by atoms with van der Waals surface area (Å²) in [6.07, 6.45) is 1.62. The molecule has 0 aliphatic rings. The number of para-hydroxylation sites is 1. The lowest BCUT2D eigenvalue weighted by atomic mass is 10.2. The Morgan fingerprint density at radius 1 is 0.964 bits per heavy atom. The van der Waals surface area contributed by atoms with Crippen LogP contribution in [0, 0.1) is 0 Å². The molecular formula is C22H23N3O3. The molecule has 2 aromatic carbocycles. The monoisotopic (exact) mass is 377 g/mol. The van der Waals surface area contributed by atoms with E-state index in [4.69, 9.17) is 9.47 Å². The number of nitrogens with zero attached hydrogens (tertiary/aromatic N) is 1. The van der Waals surface area contributed by atoms with Crippen LogP contribution in [0.5, 0.6) is 11.5 Å². The summed E-state index contributed by atoms with van der Waals surface area (Å²) in [7, 11) is 3.25. The molecule has 1 heterocycles. The van der Waals surface area contributed by atoms with Crippen LogP contribution in [0.2, 0.25) is 0 Å². The number of ether oxygens (including phenoxy) is 2. The molecule has 1 amide bonds. The third-order valence-corrected chi connectivity index (χ3v) is 4.28. The first-order valence-electron chi connectivity index (χ1n) is 8.92. The minimum absolute atomic E-state index is 0.237. The first-order chi connectivity index (χ1) is 13.7. The summed E-state index contributed by atoms with van der Waals surface area (Å²) in [4.78, 5) is 16.6. The van der Waals surface area contributed by atoms with E-state index in [9.17, 15) is 4.79 Å². The summed E-state index contributed by atoms with van der Waals surface area (Å²) in [5.41, 5.74) is 3.20.